The fraction of sp³-hybridized carbons (Fsp3) is 0.594. The molecule has 0 bridgehead atoms. The molecule has 0 saturated carbocycles. The van der Waals surface area contributed by atoms with Crippen molar-refractivity contribution in [2.75, 3.05) is 37.4 Å². The van der Waals surface area contributed by atoms with Crippen LogP contribution in [0.25, 0.3) is 22.6 Å². The van der Waals surface area contributed by atoms with E-state index in [0.717, 1.165) is 98.2 Å². The summed E-state index contributed by atoms with van der Waals surface area (Å²) in [6.45, 7) is 6.23. The summed E-state index contributed by atoms with van der Waals surface area (Å²) in [5.74, 6) is 2.15. The number of likely N-dealkylation sites (N-methyl/N-ethyl adjacent to an activating group) is 1. The number of aryl methyl sites for hydroxylation is 1. The van der Waals surface area contributed by atoms with Gasteiger partial charge in [0.25, 0.3) is 0 Å². The molecular formula is C32H39N9O2S. The van der Waals surface area contributed by atoms with Gasteiger partial charge in [0, 0.05) is 23.0 Å². The number of hydrogen-bond acceptors (Lipinski definition) is 11. The number of aliphatic hydroxyl groups excluding tert-OH is 1. The molecule has 0 amide bonds. The number of thiophene rings is 1. The Morgan fingerprint density at radius 1 is 1.20 bits per heavy atom. The SMILES string of the molecule is C[C@@H]([C@@H]1CCCN1C)n1ncc2c(N3CC[C@]3(C)CO)nc(-c3noc4c3CCC[C@@]43CCCc4sc(N)c(C#N)c43)nc21. The molecule has 4 aliphatic rings. The molecule has 230 valence electrons. The minimum Gasteiger partial charge on any atom is -0.394 e. The molecule has 6 heterocycles. The first-order valence-corrected chi connectivity index (χ1v) is 16.8. The van der Waals surface area contributed by atoms with Gasteiger partial charge >= 0.3 is 0 Å². The Hall–Kier alpha value is -3.53. The van der Waals surface area contributed by atoms with Crippen molar-refractivity contribution in [3.8, 4) is 17.6 Å². The van der Waals surface area contributed by atoms with Gasteiger partial charge in [-0.25, -0.2) is 14.6 Å². The first-order chi connectivity index (χ1) is 21.3. The average Bonchev–Trinajstić information content (AvgIpc) is 3.81. The van der Waals surface area contributed by atoms with E-state index in [2.05, 4.69) is 41.4 Å². The molecule has 2 aliphatic heterocycles. The van der Waals surface area contributed by atoms with Gasteiger partial charge in [0.1, 0.15) is 16.9 Å². The molecule has 2 aliphatic carbocycles. The summed E-state index contributed by atoms with van der Waals surface area (Å²) >= 11 is 1.55. The molecule has 44 heavy (non-hydrogen) atoms. The van der Waals surface area contributed by atoms with Gasteiger partial charge in [-0.1, -0.05) is 5.16 Å². The van der Waals surface area contributed by atoms with Crippen LogP contribution in [-0.2, 0) is 18.3 Å². The normalized spacial score (nSPS) is 27.3. The fourth-order valence-electron chi connectivity index (χ4n) is 8.58. The quantitative estimate of drug-likeness (QED) is 0.328. The maximum atomic E-state index is 10.3. The number of nitrogen functional groups attached to an aromatic ring is 1. The van der Waals surface area contributed by atoms with E-state index in [4.69, 9.17) is 30.5 Å². The third kappa shape index (κ3) is 3.78. The zero-order valence-corrected chi connectivity index (χ0v) is 26.5. The van der Waals surface area contributed by atoms with Crippen molar-refractivity contribution in [3.05, 3.63) is 33.5 Å². The summed E-state index contributed by atoms with van der Waals surface area (Å²) in [7, 11) is 2.19. The first kappa shape index (κ1) is 28.0. The Kier molecular flexibility index (Phi) is 6.35. The van der Waals surface area contributed by atoms with Gasteiger partial charge in [0.15, 0.2) is 22.9 Å². The van der Waals surface area contributed by atoms with Crippen molar-refractivity contribution < 1.29 is 9.63 Å². The molecule has 2 saturated heterocycles. The van der Waals surface area contributed by atoms with Crippen LogP contribution in [-0.4, -0.2) is 73.2 Å². The number of nitrogens with zero attached hydrogens (tertiary/aromatic N) is 8. The lowest BCUT2D eigenvalue weighted by atomic mass is 9.63. The minimum atomic E-state index is -0.408. The maximum Gasteiger partial charge on any atom is 0.186 e. The molecule has 0 aromatic carbocycles. The number of rotatable bonds is 5. The smallest absolute Gasteiger partial charge is 0.186 e. The third-order valence-corrected chi connectivity index (χ3v) is 12.2. The number of aromatic nitrogens is 5. The minimum absolute atomic E-state index is 0.0421. The van der Waals surface area contributed by atoms with Crippen LogP contribution in [0, 0.1) is 11.3 Å². The monoisotopic (exact) mass is 613 g/mol. The summed E-state index contributed by atoms with van der Waals surface area (Å²) in [4.78, 5) is 16.2. The van der Waals surface area contributed by atoms with Gasteiger partial charge in [0.05, 0.1) is 40.7 Å². The number of anilines is 2. The van der Waals surface area contributed by atoms with Crippen LogP contribution in [0.15, 0.2) is 10.7 Å². The first-order valence-electron chi connectivity index (χ1n) is 15.9. The zero-order chi connectivity index (χ0) is 30.4. The number of nitrogens with two attached hydrogens (primary N) is 1. The molecule has 1 spiro atoms. The Balaban J connectivity index is 1.30. The van der Waals surface area contributed by atoms with E-state index in [1.807, 2.05) is 6.20 Å². The van der Waals surface area contributed by atoms with E-state index in [-0.39, 0.29) is 12.6 Å². The van der Waals surface area contributed by atoms with Crippen molar-refractivity contribution in [1.82, 2.24) is 29.8 Å². The second-order valence-electron chi connectivity index (χ2n) is 13.6. The van der Waals surface area contributed by atoms with Crippen LogP contribution in [0.5, 0.6) is 0 Å². The number of aliphatic hydroxyl groups is 1. The lowest BCUT2D eigenvalue weighted by Gasteiger charge is -2.50. The van der Waals surface area contributed by atoms with Crippen LogP contribution < -0.4 is 10.6 Å². The van der Waals surface area contributed by atoms with Crippen LogP contribution >= 0.6 is 11.3 Å². The summed E-state index contributed by atoms with van der Waals surface area (Å²) in [6.07, 6.45) is 10.6. The predicted molar refractivity (Wildman–Crippen MR) is 169 cm³/mol. The zero-order valence-electron chi connectivity index (χ0n) is 25.6. The molecule has 4 aromatic rings. The molecule has 4 atom stereocenters. The van der Waals surface area contributed by atoms with Gasteiger partial charge in [0.2, 0.25) is 0 Å². The van der Waals surface area contributed by atoms with E-state index < -0.39 is 11.0 Å². The van der Waals surface area contributed by atoms with E-state index >= 15 is 0 Å². The standard InChI is InChI=1S/C32H39N9O2S/c1-18(22-8-6-13-39(22)3)41-30-21(16-35-41)29(40-14-12-31(40,2)17-42)36-28(37-30)25-19-7-4-10-32(26(19)43-38-25)11-5-9-23-24(32)20(15-33)27(34)44-23/h16,18,22,42H,4-14,17,34H2,1-3H3/t18-,22-,31+,32-/m0/s1. The summed E-state index contributed by atoms with van der Waals surface area (Å²) < 4.78 is 8.37. The van der Waals surface area contributed by atoms with Crippen LogP contribution in [0.2, 0.25) is 0 Å². The maximum absolute atomic E-state index is 10.3. The average molecular weight is 614 g/mol. The van der Waals surface area contributed by atoms with Gasteiger partial charge in [-0.2, -0.15) is 10.4 Å². The summed E-state index contributed by atoms with van der Waals surface area (Å²) in [5, 5.41) is 31.5. The predicted octanol–water partition coefficient (Wildman–Crippen LogP) is 4.57. The van der Waals surface area contributed by atoms with E-state index in [1.54, 1.807) is 11.3 Å². The van der Waals surface area contributed by atoms with Gasteiger partial charge < -0.3 is 25.2 Å². The second-order valence-corrected chi connectivity index (χ2v) is 14.7. The fourth-order valence-corrected chi connectivity index (χ4v) is 9.74. The van der Waals surface area contributed by atoms with Gasteiger partial charge in [-0.05, 0) is 90.8 Å². The highest BCUT2D eigenvalue weighted by Crippen LogP contribution is 2.55. The number of nitriles is 1. The molecule has 11 nitrogen and oxygen atoms in total. The molecule has 12 heteroatoms. The van der Waals surface area contributed by atoms with Crippen molar-refractivity contribution in [1.29, 1.82) is 5.26 Å². The summed E-state index contributed by atoms with van der Waals surface area (Å²) in [6, 6.07) is 2.91. The summed E-state index contributed by atoms with van der Waals surface area (Å²) in [5.41, 5.74) is 9.71. The van der Waals surface area contributed by atoms with Crippen molar-refractivity contribution in [2.45, 2.75) is 94.7 Å². The van der Waals surface area contributed by atoms with E-state index in [0.29, 0.717) is 28.1 Å². The Morgan fingerprint density at radius 3 is 2.73 bits per heavy atom. The molecule has 4 aromatic heterocycles. The van der Waals surface area contributed by atoms with Crippen molar-refractivity contribution >= 4 is 33.2 Å². The second kappa shape index (κ2) is 9.99. The van der Waals surface area contributed by atoms with Crippen LogP contribution in [0.4, 0.5) is 10.8 Å². The van der Waals surface area contributed by atoms with Crippen molar-refractivity contribution in [2.24, 2.45) is 0 Å². The van der Waals surface area contributed by atoms with Crippen LogP contribution in [0.3, 0.4) is 0 Å². The molecule has 8 rings (SSSR count). The Bertz CT molecular complexity index is 1810. The van der Waals surface area contributed by atoms with E-state index in [1.165, 1.54) is 11.3 Å². The van der Waals surface area contributed by atoms with Gasteiger partial charge in [-0.3, -0.25) is 0 Å². The molecule has 2 fully saturated rings. The number of fused-ring (bicyclic) bond motifs is 5. The third-order valence-electron chi connectivity index (χ3n) is 11.1. The highest BCUT2D eigenvalue weighted by molar-refractivity contribution is 7.16. The lowest BCUT2D eigenvalue weighted by Crippen LogP contribution is -2.61. The Morgan fingerprint density at radius 2 is 2.02 bits per heavy atom. The highest BCUT2D eigenvalue weighted by Gasteiger charge is 2.49. The molecule has 0 unspecified atom stereocenters. The number of likely N-dealkylation sites (tertiary alicyclic amines) is 1. The lowest BCUT2D eigenvalue weighted by molar-refractivity contribution is 0.153. The number of hydrogen-bond donors (Lipinski definition) is 2. The van der Waals surface area contributed by atoms with Crippen LogP contribution in [0.1, 0.15) is 92.2 Å². The molecular weight excluding hydrogens is 574 g/mol. The van der Waals surface area contributed by atoms with Gasteiger partial charge in [-0.15, -0.1) is 11.3 Å². The largest absolute Gasteiger partial charge is 0.394 e. The molecule has 0 radical (unpaired) electrons. The highest BCUT2D eigenvalue weighted by atomic mass is 32.1. The van der Waals surface area contributed by atoms with E-state index in [9.17, 15) is 10.4 Å². The molecule has 3 N–H and O–H groups in total. The van der Waals surface area contributed by atoms with Crippen molar-refractivity contribution in [3.63, 3.8) is 0 Å². The topological polar surface area (TPSA) is 146 Å². The Labute approximate surface area is 260 Å².